The van der Waals surface area contributed by atoms with E-state index in [1.807, 2.05) is 13.2 Å². The van der Waals surface area contributed by atoms with Crippen LogP contribution in [0.5, 0.6) is 0 Å². The molecule has 0 radical (unpaired) electrons. The lowest BCUT2D eigenvalue weighted by Crippen LogP contribution is -2.49. The fourth-order valence-corrected chi connectivity index (χ4v) is 1.99. The molecule has 0 saturated carbocycles. The van der Waals surface area contributed by atoms with Crippen LogP contribution in [0.1, 0.15) is 26.2 Å². The van der Waals surface area contributed by atoms with E-state index in [1.54, 1.807) is 0 Å². The van der Waals surface area contributed by atoms with Crippen LogP contribution in [0.4, 0.5) is 4.79 Å². The van der Waals surface area contributed by atoms with Gasteiger partial charge in [-0.05, 0) is 24.9 Å². The normalized spacial score (nSPS) is 11.9. The molecule has 19 heavy (non-hydrogen) atoms. The van der Waals surface area contributed by atoms with Crippen LogP contribution in [-0.4, -0.2) is 64.9 Å². The number of carbonyl (C=O) groups excluding carboxylic acids is 1. The van der Waals surface area contributed by atoms with E-state index in [0.717, 1.165) is 12.8 Å². The number of aliphatic carboxylic acids is 1. The molecule has 0 rings (SSSR count). The number of thioether (sulfide) groups is 1. The minimum Gasteiger partial charge on any atom is -0.480 e. The summed E-state index contributed by atoms with van der Waals surface area (Å²) in [5, 5.41) is 20.5. The van der Waals surface area contributed by atoms with Crippen molar-refractivity contribution < 1.29 is 19.8 Å². The Labute approximate surface area is 118 Å². The Kier molecular flexibility index (Phi) is 10.4. The molecule has 1 atom stereocenters. The lowest BCUT2D eigenvalue weighted by Gasteiger charge is -2.24. The summed E-state index contributed by atoms with van der Waals surface area (Å²) in [7, 11) is 0. The first-order valence-electron chi connectivity index (χ1n) is 6.44. The Hall–Kier alpha value is -0.950. The Bertz CT molecular complexity index is 276. The molecule has 0 bridgehead atoms. The third kappa shape index (κ3) is 7.94. The van der Waals surface area contributed by atoms with Gasteiger partial charge in [-0.1, -0.05) is 13.3 Å². The molecule has 0 heterocycles. The summed E-state index contributed by atoms with van der Waals surface area (Å²) >= 11 is 1.54. The first-order valence-corrected chi connectivity index (χ1v) is 7.84. The van der Waals surface area contributed by atoms with Gasteiger partial charge >= 0.3 is 12.0 Å². The molecule has 0 aliphatic rings. The minimum absolute atomic E-state index is 0.125. The number of hydrogen-bond acceptors (Lipinski definition) is 4. The maximum absolute atomic E-state index is 12.0. The lowest BCUT2D eigenvalue weighted by molar-refractivity contribution is -0.139. The summed E-state index contributed by atoms with van der Waals surface area (Å²) in [6.45, 7) is 2.63. The highest BCUT2D eigenvalue weighted by Gasteiger charge is 2.22. The van der Waals surface area contributed by atoms with Crippen molar-refractivity contribution in [3.05, 3.63) is 0 Å². The Morgan fingerprint density at radius 1 is 1.37 bits per heavy atom. The van der Waals surface area contributed by atoms with Gasteiger partial charge in [-0.25, -0.2) is 9.59 Å². The average Bonchev–Trinajstić information content (AvgIpc) is 2.38. The quantitative estimate of drug-likeness (QED) is 0.559. The van der Waals surface area contributed by atoms with Gasteiger partial charge in [0.25, 0.3) is 0 Å². The Balaban J connectivity index is 4.42. The summed E-state index contributed by atoms with van der Waals surface area (Å²) in [4.78, 5) is 24.5. The van der Waals surface area contributed by atoms with Crippen molar-refractivity contribution in [2.75, 3.05) is 31.7 Å². The predicted octanol–water partition coefficient (Wildman–Crippen LogP) is 0.997. The number of carbonyl (C=O) groups is 2. The molecule has 0 unspecified atom stereocenters. The number of urea groups is 1. The van der Waals surface area contributed by atoms with E-state index in [9.17, 15) is 9.59 Å². The number of nitrogens with one attached hydrogen (secondary N) is 1. The van der Waals surface area contributed by atoms with Gasteiger partial charge in [0, 0.05) is 13.1 Å². The molecule has 0 fully saturated rings. The summed E-state index contributed by atoms with van der Waals surface area (Å²) < 4.78 is 0. The SMILES string of the molecule is CCCCN(CCO)C(=O)N[C@@H](CCSC)C(=O)O. The van der Waals surface area contributed by atoms with Crippen LogP contribution in [0.15, 0.2) is 0 Å². The minimum atomic E-state index is -1.03. The van der Waals surface area contributed by atoms with E-state index in [-0.39, 0.29) is 13.2 Å². The molecule has 112 valence electrons. The standard InChI is InChI=1S/C12H24N2O4S/c1-3-4-6-14(7-8-15)12(18)13-10(11(16)17)5-9-19-2/h10,15H,3-9H2,1-2H3,(H,13,18)(H,16,17)/t10-/m0/s1. The number of nitrogens with zero attached hydrogens (tertiary/aromatic N) is 1. The van der Waals surface area contributed by atoms with Crippen LogP contribution in [0.3, 0.4) is 0 Å². The second kappa shape index (κ2) is 10.9. The first-order chi connectivity index (χ1) is 9.06. The molecule has 0 aliphatic heterocycles. The smallest absolute Gasteiger partial charge is 0.326 e. The monoisotopic (exact) mass is 292 g/mol. The molecule has 7 heteroatoms. The summed E-state index contributed by atoms with van der Waals surface area (Å²) in [6.07, 6.45) is 4.04. The van der Waals surface area contributed by atoms with E-state index < -0.39 is 18.0 Å². The second-order valence-corrected chi connectivity index (χ2v) is 5.17. The Morgan fingerprint density at radius 2 is 2.05 bits per heavy atom. The van der Waals surface area contributed by atoms with Crippen LogP contribution < -0.4 is 5.32 Å². The highest BCUT2D eigenvalue weighted by molar-refractivity contribution is 7.98. The fourth-order valence-electron chi connectivity index (χ4n) is 1.52. The molecular formula is C12H24N2O4S. The van der Waals surface area contributed by atoms with Crippen molar-refractivity contribution in [1.29, 1.82) is 0 Å². The number of carboxylic acids is 1. The largest absolute Gasteiger partial charge is 0.480 e. The zero-order valence-corrected chi connectivity index (χ0v) is 12.4. The van der Waals surface area contributed by atoms with Crippen molar-refractivity contribution in [3.63, 3.8) is 0 Å². The number of aliphatic hydroxyl groups is 1. The summed E-state index contributed by atoms with van der Waals surface area (Å²) in [5.74, 6) is -0.353. The molecular weight excluding hydrogens is 268 g/mol. The van der Waals surface area contributed by atoms with Gasteiger partial charge in [-0.3, -0.25) is 0 Å². The number of carboxylic acid groups (broad SMARTS) is 1. The molecule has 0 aliphatic carbocycles. The van der Waals surface area contributed by atoms with Gasteiger partial charge < -0.3 is 20.4 Å². The van der Waals surface area contributed by atoms with E-state index in [2.05, 4.69) is 5.32 Å². The lowest BCUT2D eigenvalue weighted by atomic mass is 10.2. The van der Waals surface area contributed by atoms with Gasteiger partial charge in [0.15, 0.2) is 0 Å². The first kappa shape index (κ1) is 18.0. The molecule has 2 amide bonds. The van der Waals surface area contributed by atoms with Crippen molar-refractivity contribution >= 4 is 23.8 Å². The van der Waals surface area contributed by atoms with E-state index in [0.29, 0.717) is 18.7 Å². The topological polar surface area (TPSA) is 89.9 Å². The van der Waals surface area contributed by atoms with Crippen molar-refractivity contribution in [3.8, 4) is 0 Å². The van der Waals surface area contributed by atoms with Crippen LogP contribution in [0.25, 0.3) is 0 Å². The zero-order chi connectivity index (χ0) is 14.7. The average molecular weight is 292 g/mol. The van der Waals surface area contributed by atoms with Gasteiger partial charge in [-0.2, -0.15) is 11.8 Å². The van der Waals surface area contributed by atoms with Gasteiger partial charge in [-0.15, -0.1) is 0 Å². The zero-order valence-electron chi connectivity index (χ0n) is 11.6. The fraction of sp³-hybridized carbons (Fsp3) is 0.833. The van der Waals surface area contributed by atoms with Crippen molar-refractivity contribution in [2.45, 2.75) is 32.2 Å². The van der Waals surface area contributed by atoms with Crippen molar-refractivity contribution in [1.82, 2.24) is 10.2 Å². The van der Waals surface area contributed by atoms with Crippen LogP contribution in [-0.2, 0) is 4.79 Å². The van der Waals surface area contributed by atoms with Crippen LogP contribution in [0, 0.1) is 0 Å². The molecule has 0 aromatic rings. The maximum atomic E-state index is 12.0. The third-order valence-electron chi connectivity index (χ3n) is 2.65. The van der Waals surface area contributed by atoms with Gasteiger partial charge in [0.1, 0.15) is 6.04 Å². The molecule has 6 nitrogen and oxygen atoms in total. The Morgan fingerprint density at radius 3 is 2.53 bits per heavy atom. The number of amides is 2. The van der Waals surface area contributed by atoms with Gasteiger partial charge in [0.05, 0.1) is 6.61 Å². The van der Waals surface area contributed by atoms with E-state index >= 15 is 0 Å². The van der Waals surface area contributed by atoms with Crippen LogP contribution >= 0.6 is 11.8 Å². The van der Waals surface area contributed by atoms with Gasteiger partial charge in [0.2, 0.25) is 0 Å². The molecule has 0 aromatic heterocycles. The summed E-state index contributed by atoms with van der Waals surface area (Å²) in [5.41, 5.74) is 0. The molecule has 3 N–H and O–H groups in total. The number of unbranched alkanes of at least 4 members (excludes halogenated alkanes) is 1. The third-order valence-corrected chi connectivity index (χ3v) is 3.29. The highest BCUT2D eigenvalue weighted by atomic mass is 32.2. The highest BCUT2D eigenvalue weighted by Crippen LogP contribution is 2.03. The van der Waals surface area contributed by atoms with Crippen LogP contribution in [0.2, 0.25) is 0 Å². The summed E-state index contributed by atoms with van der Waals surface area (Å²) in [6, 6.07) is -1.29. The molecule has 0 aromatic carbocycles. The second-order valence-electron chi connectivity index (χ2n) is 4.19. The molecule has 0 spiro atoms. The maximum Gasteiger partial charge on any atom is 0.326 e. The number of rotatable bonds is 10. The molecule has 0 saturated heterocycles. The van der Waals surface area contributed by atoms with E-state index in [1.165, 1.54) is 16.7 Å². The predicted molar refractivity (Wildman–Crippen MR) is 76.5 cm³/mol. The number of hydrogen-bond donors (Lipinski definition) is 3. The van der Waals surface area contributed by atoms with E-state index in [4.69, 9.17) is 10.2 Å². The van der Waals surface area contributed by atoms with Crippen molar-refractivity contribution in [2.24, 2.45) is 0 Å². The number of aliphatic hydroxyl groups excluding tert-OH is 1.